The van der Waals surface area contributed by atoms with Gasteiger partial charge in [-0.05, 0) is 19.1 Å². The lowest BCUT2D eigenvalue weighted by Crippen LogP contribution is -2.22. The highest BCUT2D eigenvalue weighted by Crippen LogP contribution is 2.14. The Morgan fingerprint density at radius 2 is 2.00 bits per heavy atom. The SMILES string of the molecule is [CH2]CNC(=O)c1cc(Cl)nc(Cl)c1. The summed E-state index contributed by atoms with van der Waals surface area (Å²) < 4.78 is 0. The molecule has 0 atom stereocenters. The van der Waals surface area contributed by atoms with E-state index in [-0.39, 0.29) is 16.2 Å². The van der Waals surface area contributed by atoms with Gasteiger partial charge in [-0.15, -0.1) is 0 Å². The molecule has 1 aromatic heterocycles. The summed E-state index contributed by atoms with van der Waals surface area (Å²) in [4.78, 5) is 15.0. The quantitative estimate of drug-likeness (QED) is 0.770. The van der Waals surface area contributed by atoms with Crippen molar-refractivity contribution in [3.8, 4) is 0 Å². The number of nitrogens with one attached hydrogen (secondary N) is 1. The summed E-state index contributed by atoms with van der Waals surface area (Å²) in [7, 11) is 0. The fourth-order valence-corrected chi connectivity index (χ4v) is 1.27. The molecule has 0 aliphatic rings. The Morgan fingerprint density at radius 3 is 2.46 bits per heavy atom. The summed E-state index contributed by atoms with van der Waals surface area (Å²) in [5.41, 5.74) is 0.383. The molecule has 0 bridgehead atoms. The third-order valence-electron chi connectivity index (χ3n) is 1.31. The third-order valence-corrected chi connectivity index (χ3v) is 1.70. The van der Waals surface area contributed by atoms with Crippen LogP contribution in [0.2, 0.25) is 10.3 Å². The van der Waals surface area contributed by atoms with Crippen LogP contribution in [0, 0.1) is 6.92 Å². The van der Waals surface area contributed by atoms with Crippen molar-refractivity contribution in [2.75, 3.05) is 6.54 Å². The summed E-state index contributed by atoms with van der Waals surface area (Å²) in [6.07, 6.45) is 0. The Kier molecular flexibility index (Phi) is 3.51. The second-order valence-corrected chi connectivity index (χ2v) is 3.03. The van der Waals surface area contributed by atoms with Crippen molar-refractivity contribution in [2.24, 2.45) is 0 Å². The average Bonchev–Trinajstić information content (AvgIpc) is 2.03. The minimum atomic E-state index is -0.263. The third kappa shape index (κ3) is 2.86. The van der Waals surface area contributed by atoms with Gasteiger partial charge in [0, 0.05) is 12.1 Å². The number of aromatic nitrogens is 1. The molecule has 69 valence electrons. The van der Waals surface area contributed by atoms with Gasteiger partial charge in [0.25, 0.3) is 5.91 Å². The minimum Gasteiger partial charge on any atom is -0.352 e. The topological polar surface area (TPSA) is 42.0 Å². The van der Waals surface area contributed by atoms with Gasteiger partial charge >= 0.3 is 0 Å². The second kappa shape index (κ2) is 4.44. The van der Waals surface area contributed by atoms with E-state index in [0.717, 1.165) is 0 Å². The first kappa shape index (κ1) is 10.3. The van der Waals surface area contributed by atoms with Gasteiger partial charge in [0.05, 0.1) is 0 Å². The van der Waals surface area contributed by atoms with Crippen LogP contribution in [-0.4, -0.2) is 17.4 Å². The molecule has 1 heterocycles. The minimum absolute atomic E-state index is 0.196. The average molecular weight is 218 g/mol. The van der Waals surface area contributed by atoms with Gasteiger partial charge in [-0.1, -0.05) is 23.2 Å². The van der Waals surface area contributed by atoms with Crippen LogP contribution < -0.4 is 5.32 Å². The molecular weight excluding hydrogens is 211 g/mol. The lowest BCUT2D eigenvalue weighted by Gasteiger charge is -2.02. The molecule has 1 amide bonds. The number of pyridine rings is 1. The van der Waals surface area contributed by atoms with Gasteiger partial charge < -0.3 is 5.32 Å². The lowest BCUT2D eigenvalue weighted by molar-refractivity contribution is 0.0957. The molecule has 5 heteroatoms. The maximum atomic E-state index is 11.3. The van der Waals surface area contributed by atoms with E-state index >= 15 is 0 Å². The molecule has 3 nitrogen and oxygen atoms in total. The van der Waals surface area contributed by atoms with Crippen LogP contribution in [0.4, 0.5) is 0 Å². The van der Waals surface area contributed by atoms with E-state index in [1.807, 2.05) is 0 Å². The smallest absolute Gasteiger partial charge is 0.251 e. The predicted molar refractivity (Wildman–Crippen MR) is 51.9 cm³/mol. The second-order valence-electron chi connectivity index (χ2n) is 2.26. The summed E-state index contributed by atoms with van der Waals surface area (Å²) in [6, 6.07) is 2.89. The molecule has 0 saturated heterocycles. The van der Waals surface area contributed by atoms with Crippen LogP contribution in [0.5, 0.6) is 0 Å². The van der Waals surface area contributed by atoms with Crippen molar-refractivity contribution >= 4 is 29.1 Å². The summed E-state index contributed by atoms with van der Waals surface area (Å²) >= 11 is 11.2. The zero-order chi connectivity index (χ0) is 9.84. The summed E-state index contributed by atoms with van der Waals surface area (Å²) in [5.74, 6) is -0.263. The van der Waals surface area contributed by atoms with Crippen LogP contribution >= 0.6 is 23.2 Å². The Balaban J connectivity index is 2.94. The molecule has 13 heavy (non-hydrogen) atoms. The molecule has 0 aliphatic carbocycles. The van der Waals surface area contributed by atoms with E-state index in [0.29, 0.717) is 12.1 Å². The van der Waals surface area contributed by atoms with Crippen LogP contribution in [-0.2, 0) is 0 Å². The number of carbonyl (C=O) groups excluding carboxylic acids is 1. The number of halogens is 2. The molecule has 1 rings (SSSR count). The molecule has 0 spiro atoms. The molecular formula is C8H7Cl2N2O. The lowest BCUT2D eigenvalue weighted by atomic mass is 10.2. The summed E-state index contributed by atoms with van der Waals surface area (Å²) in [6.45, 7) is 3.80. The van der Waals surface area contributed by atoms with Crippen LogP contribution in [0.3, 0.4) is 0 Å². The number of hydrogen-bond acceptors (Lipinski definition) is 2. The standard InChI is InChI=1S/C8H7Cl2N2O/c1-2-11-8(13)5-3-6(9)12-7(10)4-5/h3-4H,1-2H2,(H,11,13). The highest BCUT2D eigenvalue weighted by atomic mass is 35.5. The van der Waals surface area contributed by atoms with E-state index in [2.05, 4.69) is 17.2 Å². The van der Waals surface area contributed by atoms with Gasteiger partial charge in [0.15, 0.2) is 0 Å². The van der Waals surface area contributed by atoms with Crippen molar-refractivity contribution in [2.45, 2.75) is 0 Å². The highest BCUT2D eigenvalue weighted by molar-refractivity contribution is 6.33. The number of hydrogen-bond donors (Lipinski definition) is 1. The monoisotopic (exact) mass is 217 g/mol. The molecule has 0 saturated carbocycles. The van der Waals surface area contributed by atoms with E-state index in [9.17, 15) is 4.79 Å². The zero-order valence-electron chi connectivity index (χ0n) is 6.68. The maximum absolute atomic E-state index is 11.3. The molecule has 1 N–H and O–H groups in total. The van der Waals surface area contributed by atoms with Crippen molar-refractivity contribution in [3.05, 3.63) is 34.9 Å². The largest absolute Gasteiger partial charge is 0.352 e. The van der Waals surface area contributed by atoms with Crippen molar-refractivity contribution in [1.82, 2.24) is 10.3 Å². The fraction of sp³-hybridized carbons (Fsp3) is 0.125. The Hall–Kier alpha value is -0.800. The normalized spacial score (nSPS) is 9.77. The van der Waals surface area contributed by atoms with Crippen LogP contribution in [0.25, 0.3) is 0 Å². The molecule has 0 aromatic carbocycles. The van der Waals surface area contributed by atoms with E-state index in [1.165, 1.54) is 12.1 Å². The number of nitrogens with zero attached hydrogens (tertiary/aromatic N) is 1. The molecule has 1 radical (unpaired) electrons. The van der Waals surface area contributed by atoms with Gasteiger partial charge in [-0.3, -0.25) is 4.79 Å². The van der Waals surface area contributed by atoms with Crippen molar-refractivity contribution < 1.29 is 4.79 Å². The summed E-state index contributed by atoms with van der Waals surface area (Å²) in [5, 5.41) is 2.91. The molecule has 0 unspecified atom stereocenters. The maximum Gasteiger partial charge on any atom is 0.251 e. The molecule has 0 aliphatic heterocycles. The van der Waals surface area contributed by atoms with E-state index < -0.39 is 0 Å². The van der Waals surface area contributed by atoms with E-state index in [4.69, 9.17) is 23.2 Å². The number of carbonyl (C=O) groups is 1. The Morgan fingerprint density at radius 1 is 1.46 bits per heavy atom. The van der Waals surface area contributed by atoms with E-state index in [1.54, 1.807) is 0 Å². The van der Waals surface area contributed by atoms with Gasteiger partial charge in [0.2, 0.25) is 0 Å². The van der Waals surface area contributed by atoms with Crippen LogP contribution in [0.15, 0.2) is 12.1 Å². The number of amides is 1. The molecule has 0 fully saturated rings. The number of rotatable bonds is 2. The van der Waals surface area contributed by atoms with Gasteiger partial charge in [0.1, 0.15) is 10.3 Å². The first-order valence-electron chi connectivity index (χ1n) is 3.54. The van der Waals surface area contributed by atoms with Crippen molar-refractivity contribution in [1.29, 1.82) is 0 Å². The predicted octanol–water partition coefficient (Wildman–Crippen LogP) is 1.95. The van der Waals surface area contributed by atoms with Gasteiger partial charge in [-0.2, -0.15) is 0 Å². The first-order valence-corrected chi connectivity index (χ1v) is 4.29. The zero-order valence-corrected chi connectivity index (χ0v) is 8.19. The fourth-order valence-electron chi connectivity index (χ4n) is 0.812. The molecule has 1 aromatic rings. The Bertz CT molecular complexity index is 308. The first-order chi connectivity index (χ1) is 6.13. The van der Waals surface area contributed by atoms with Crippen molar-refractivity contribution in [3.63, 3.8) is 0 Å². The van der Waals surface area contributed by atoms with Gasteiger partial charge in [-0.25, -0.2) is 4.98 Å². The highest BCUT2D eigenvalue weighted by Gasteiger charge is 2.06. The van der Waals surface area contributed by atoms with Crippen LogP contribution in [0.1, 0.15) is 10.4 Å². The Labute approximate surface area is 86.1 Å².